The molecule has 1 heterocycles. The Morgan fingerprint density at radius 1 is 1.22 bits per heavy atom. The first-order valence-corrected chi connectivity index (χ1v) is 12.6. The summed E-state index contributed by atoms with van der Waals surface area (Å²) >= 11 is 0. The Kier molecular flexibility index (Phi) is 7.52. The Bertz CT molecular complexity index is 539. The molecule has 0 radical (unpaired) electrons. The molecule has 2 amide bonds. The third-order valence-electron chi connectivity index (χ3n) is 5.32. The molecule has 3 atom stereocenters. The molecule has 1 rings (SSSR count). The third kappa shape index (κ3) is 6.76. The standard InChI is InChI=1S/C19H38N2O5Si/c1-18(2,3)25-17(24)21-12-14(26-27(8,9)19(4,5)6)10-13(21)11-15(22)16(23)20-7/h13-15,22H,10-12H2,1-9H3,(H,20,23)/t13-,14-,15+/m1/s1. The number of likely N-dealkylation sites (tertiary alicyclic amines) is 1. The summed E-state index contributed by atoms with van der Waals surface area (Å²) in [5.41, 5.74) is -0.612. The van der Waals surface area contributed by atoms with E-state index in [1.807, 2.05) is 20.8 Å². The minimum Gasteiger partial charge on any atom is -0.444 e. The molecule has 2 N–H and O–H groups in total. The number of rotatable bonds is 5. The minimum atomic E-state index is -2.00. The lowest BCUT2D eigenvalue weighted by Crippen LogP contribution is -2.45. The van der Waals surface area contributed by atoms with Crippen LogP contribution in [0.5, 0.6) is 0 Å². The van der Waals surface area contributed by atoms with Gasteiger partial charge in [0.2, 0.25) is 5.91 Å². The first-order valence-electron chi connectivity index (χ1n) is 9.64. The van der Waals surface area contributed by atoms with E-state index in [9.17, 15) is 14.7 Å². The highest BCUT2D eigenvalue weighted by molar-refractivity contribution is 6.74. The maximum absolute atomic E-state index is 12.7. The van der Waals surface area contributed by atoms with Crippen LogP contribution < -0.4 is 5.32 Å². The highest BCUT2D eigenvalue weighted by atomic mass is 28.4. The number of aliphatic hydroxyl groups is 1. The van der Waals surface area contributed by atoms with Crippen molar-refractivity contribution in [2.45, 2.75) is 96.4 Å². The van der Waals surface area contributed by atoms with Crippen molar-refractivity contribution in [3.05, 3.63) is 0 Å². The van der Waals surface area contributed by atoms with Crippen molar-refractivity contribution in [1.29, 1.82) is 0 Å². The molecule has 0 saturated carbocycles. The summed E-state index contributed by atoms with van der Waals surface area (Å²) in [4.78, 5) is 26.0. The Morgan fingerprint density at radius 3 is 2.22 bits per heavy atom. The largest absolute Gasteiger partial charge is 0.444 e. The molecule has 1 fully saturated rings. The van der Waals surface area contributed by atoms with Gasteiger partial charge in [0.15, 0.2) is 8.32 Å². The molecule has 7 nitrogen and oxygen atoms in total. The summed E-state index contributed by atoms with van der Waals surface area (Å²) in [6, 6.07) is -0.304. The van der Waals surface area contributed by atoms with Crippen molar-refractivity contribution in [3.63, 3.8) is 0 Å². The van der Waals surface area contributed by atoms with Gasteiger partial charge in [0, 0.05) is 26.1 Å². The molecule has 1 saturated heterocycles. The van der Waals surface area contributed by atoms with E-state index in [1.165, 1.54) is 7.05 Å². The van der Waals surface area contributed by atoms with Crippen molar-refractivity contribution >= 4 is 20.3 Å². The van der Waals surface area contributed by atoms with Gasteiger partial charge in [-0.15, -0.1) is 0 Å². The molecule has 0 aliphatic carbocycles. The Morgan fingerprint density at radius 2 is 1.78 bits per heavy atom. The van der Waals surface area contributed by atoms with Crippen molar-refractivity contribution in [2.75, 3.05) is 13.6 Å². The predicted octanol–water partition coefficient (Wildman–Crippen LogP) is 2.88. The van der Waals surface area contributed by atoms with E-state index in [4.69, 9.17) is 9.16 Å². The van der Waals surface area contributed by atoms with Gasteiger partial charge in [-0.25, -0.2) is 4.79 Å². The summed E-state index contributed by atoms with van der Waals surface area (Å²) in [5.74, 6) is -0.451. The summed E-state index contributed by atoms with van der Waals surface area (Å²) in [6.45, 7) is 16.7. The number of carbonyl (C=O) groups is 2. The van der Waals surface area contributed by atoms with Crippen LogP contribution in [0.3, 0.4) is 0 Å². The number of hydrogen-bond donors (Lipinski definition) is 2. The lowest BCUT2D eigenvalue weighted by molar-refractivity contribution is -0.129. The van der Waals surface area contributed by atoms with E-state index < -0.39 is 32.0 Å². The number of nitrogens with one attached hydrogen (secondary N) is 1. The van der Waals surface area contributed by atoms with Gasteiger partial charge >= 0.3 is 6.09 Å². The Balaban J connectivity index is 2.95. The molecular weight excluding hydrogens is 364 g/mol. The van der Waals surface area contributed by atoms with Gasteiger partial charge < -0.3 is 24.5 Å². The fraction of sp³-hybridized carbons (Fsp3) is 0.895. The van der Waals surface area contributed by atoms with Gasteiger partial charge in [-0.2, -0.15) is 0 Å². The van der Waals surface area contributed by atoms with Crippen molar-refractivity contribution in [3.8, 4) is 0 Å². The average molecular weight is 403 g/mol. The average Bonchev–Trinajstić information content (AvgIpc) is 2.85. The highest BCUT2D eigenvalue weighted by Gasteiger charge is 2.45. The molecule has 1 aliphatic rings. The fourth-order valence-electron chi connectivity index (χ4n) is 2.85. The second-order valence-corrected chi connectivity index (χ2v) is 14.6. The maximum atomic E-state index is 12.7. The summed E-state index contributed by atoms with van der Waals surface area (Å²) < 4.78 is 12.0. The molecule has 1 aliphatic heterocycles. The number of nitrogens with zero attached hydrogens (tertiary/aromatic N) is 1. The number of amides is 2. The molecule has 0 spiro atoms. The zero-order valence-corrected chi connectivity index (χ0v) is 19.4. The fourth-order valence-corrected chi connectivity index (χ4v) is 4.21. The van der Waals surface area contributed by atoms with Gasteiger partial charge in [0.05, 0.1) is 6.10 Å². The van der Waals surface area contributed by atoms with Crippen molar-refractivity contribution in [2.24, 2.45) is 0 Å². The molecule has 8 heteroatoms. The minimum absolute atomic E-state index is 0.0590. The normalized spacial score (nSPS) is 22.5. The van der Waals surface area contributed by atoms with E-state index in [-0.39, 0.29) is 23.6 Å². The number of aliphatic hydroxyl groups excluding tert-OH is 1. The lowest BCUT2D eigenvalue weighted by atomic mass is 10.1. The molecule has 0 unspecified atom stereocenters. The van der Waals surface area contributed by atoms with Gasteiger partial charge in [0.25, 0.3) is 0 Å². The number of carbonyl (C=O) groups excluding carboxylic acids is 2. The van der Waals surface area contributed by atoms with E-state index >= 15 is 0 Å². The van der Waals surface area contributed by atoms with Crippen LogP contribution >= 0.6 is 0 Å². The third-order valence-corrected chi connectivity index (χ3v) is 9.85. The molecule has 0 aromatic rings. The lowest BCUT2D eigenvalue weighted by Gasteiger charge is -2.38. The first kappa shape index (κ1) is 23.9. The number of ether oxygens (including phenoxy) is 1. The number of hydrogen-bond acceptors (Lipinski definition) is 5. The Hall–Kier alpha value is -1.12. The second-order valence-electron chi connectivity index (χ2n) is 9.89. The molecule has 0 aromatic carbocycles. The second kappa shape index (κ2) is 8.49. The molecule has 0 aromatic heterocycles. The van der Waals surface area contributed by atoms with Crippen LogP contribution in [-0.2, 0) is 14.0 Å². The SMILES string of the molecule is CNC(=O)[C@@H](O)C[C@H]1C[C@@H](O[Si](C)(C)C(C)(C)C)CN1C(=O)OC(C)(C)C. The van der Waals surface area contributed by atoms with Crippen LogP contribution in [0.1, 0.15) is 54.4 Å². The van der Waals surface area contributed by atoms with Crippen LogP contribution in [0.15, 0.2) is 0 Å². The van der Waals surface area contributed by atoms with Crippen LogP contribution in [-0.4, -0.2) is 67.8 Å². The zero-order chi connectivity index (χ0) is 21.2. The monoisotopic (exact) mass is 402 g/mol. The van der Waals surface area contributed by atoms with Crippen LogP contribution in [0.25, 0.3) is 0 Å². The molecular formula is C19H38N2O5Si. The maximum Gasteiger partial charge on any atom is 0.410 e. The van der Waals surface area contributed by atoms with E-state index in [0.717, 1.165) is 0 Å². The first-order chi connectivity index (χ1) is 12.1. The molecule has 158 valence electrons. The summed E-state index contributed by atoms with van der Waals surface area (Å²) in [5, 5.41) is 12.6. The van der Waals surface area contributed by atoms with Gasteiger partial charge in [-0.1, -0.05) is 20.8 Å². The number of likely N-dealkylation sites (N-methyl/N-ethyl adjacent to an activating group) is 1. The van der Waals surface area contributed by atoms with Crippen LogP contribution in [0.4, 0.5) is 4.79 Å². The topological polar surface area (TPSA) is 88.1 Å². The summed E-state index contributed by atoms with van der Waals surface area (Å²) in [6.07, 6.45) is -0.981. The Labute approximate surface area is 164 Å². The molecule has 27 heavy (non-hydrogen) atoms. The summed E-state index contributed by atoms with van der Waals surface area (Å²) in [7, 11) is -0.519. The zero-order valence-electron chi connectivity index (χ0n) is 18.4. The van der Waals surface area contributed by atoms with Crippen LogP contribution in [0, 0.1) is 0 Å². The van der Waals surface area contributed by atoms with Crippen molar-refractivity contribution < 1.29 is 23.9 Å². The van der Waals surface area contributed by atoms with E-state index in [2.05, 4.69) is 39.2 Å². The van der Waals surface area contributed by atoms with Gasteiger partial charge in [-0.3, -0.25) is 4.79 Å². The quantitative estimate of drug-likeness (QED) is 0.690. The van der Waals surface area contributed by atoms with Crippen molar-refractivity contribution in [1.82, 2.24) is 10.2 Å². The predicted molar refractivity (Wildman–Crippen MR) is 108 cm³/mol. The molecule has 0 bridgehead atoms. The van der Waals surface area contributed by atoms with Crippen LogP contribution in [0.2, 0.25) is 18.1 Å². The van der Waals surface area contributed by atoms with Gasteiger partial charge in [-0.05, 0) is 45.3 Å². The highest BCUT2D eigenvalue weighted by Crippen LogP contribution is 2.39. The van der Waals surface area contributed by atoms with Gasteiger partial charge in [0.1, 0.15) is 11.7 Å². The van der Waals surface area contributed by atoms with E-state index in [0.29, 0.717) is 13.0 Å². The smallest absolute Gasteiger partial charge is 0.410 e. The van der Waals surface area contributed by atoms with E-state index in [1.54, 1.807) is 4.90 Å².